The topological polar surface area (TPSA) is 43.1 Å². The van der Waals surface area contributed by atoms with E-state index in [1.54, 1.807) is 12.1 Å². The minimum absolute atomic E-state index is 0.420. The van der Waals surface area contributed by atoms with Crippen LogP contribution in [0.3, 0.4) is 0 Å². The first-order valence-corrected chi connectivity index (χ1v) is 4.86. The Balaban J connectivity index is 3.31. The average molecular weight is 293 g/mol. The summed E-state index contributed by atoms with van der Waals surface area (Å²) < 4.78 is 1.76. The van der Waals surface area contributed by atoms with Crippen LogP contribution < -0.4 is 5.73 Å². The van der Waals surface area contributed by atoms with Crippen molar-refractivity contribution >= 4 is 37.8 Å². The van der Waals surface area contributed by atoms with Crippen LogP contribution in [0.25, 0.3) is 0 Å². The molecule has 1 amide bonds. The fourth-order valence-corrected chi connectivity index (χ4v) is 1.97. The lowest BCUT2D eigenvalue weighted by atomic mass is 10.1. The standard InChI is InChI=1S/C8H7Br2NO/c1-4-6(9)2-5(8(11)12)3-7(4)10/h2-3H,1H3,(H2,11,12). The highest BCUT2D eigenvalue weighted by Gasteiger charge is 2.06. The Morgan fingerprint density at radius 2 is 1.75 bits per heavy atom. The van der Waals surface area contributed by atoms with Crippen molar-refractivity contribution in [3.8, 4) is 0 Å². The molecule has 0 bridgehead atoms. The molecule has 0 aromatic heterocycles. The Morgan fingerprint density at radius 3 is 2.08 bits per heavy atom. The molecule has 0 heterocycles. The highest BCUT2D eigenvalue weighted by atomic mass is 79.9. The molecule has 64 valence electrons. The monoisotopic (exact) mass is 291 g/mol. The molecule has 0 unspecified atom stereocenters. The van der Waals surface area contributed by atoms with Gasteiger partial charge in [0.15, 0.2) is 0 Å². The lowest BCUT2D eigenvalue weighted by Gasteiger charge is -2.03. The minimum atomic E-state index is -0.420. The van der Waals surface area contributed by atoms with Gasteiger partial charge in [0, 0.05) is 14.5 Å². The Morgan fingerprint density at radius 1 is 1.33 bits per heavy atom. The highest BCUT2D eigenvalue weighted by Crippen LogP contribution is 2.25. The second-order valence-electron chi connectivity index (χ2n) is 2.43. The maximum atomic E-state index is 10.8. The summed E-state index contributed by atoms with van der Waals surface area (Å²) in [6.45, 7) is 1.94. The molecule has 0 radical (unpaired) electrons. The van der Waals surface area contributed by atoms with E-state index in [1.807, 2.05) is 6.92 Å². The molecule has 1 aromatic carbocycles. The van der Waals surface area contributed by atoms with Crippen molar-refractivity contribution < 1.29 is 4.79 Å². The van der Waals surface area contributed by atoms with E-state index in [-0.39, 0.29) is 0 Å². The lowest BCUT2D eigenvalue weighted by molar-refractivity contribution is 0.1000. The summed E-state index contributed by atoms with van der Waals surface area (Å²) in [6, 6.07) is 3.42. The zero-order valence-corrected chi connectivity index (χ0v) is 9.57. The van der Waals surface area contributed by atoms with E-state index in [1.165, 1.54) is 0 Å². The number of rotatable bonds is 1. The molecule has 0 aliphatic rings. The van der Waals surface area contributed by atoms with E-state index in [9.17, 15) is 4.79 Å². The predicted molar refractivity (Wildman–Crippen MR) is 55.1 cm³/mol. The van der Waals surface area contributed by atoms with Crippen molar-refractivity contribution in [2.24, 2.45) is 5.73 Å². The van der Waals surface area contributed by atoms with E-state index in [4.69, 9.17) is 5.73 Å². The maximum Gasteiger partial charge on any atom is 0.248 e. The van der Waals surface area contributed by atoms with E-state index >= 15 is 0 Å². The number of benzene rings is 1. The van der Waals surface area contributed by atoms with Crippen LogP contribution in [0, 0.1) is 6.92 Å². The molecule has 0 saturated carbocycles. The Labute approximate surface area is 87.4 Å². The quantitative estimate of drug-likeness (QED) is 0.849. The summed E-state index contributed by atoms with van der Waals surface area (Å²) >= 11 is 6.65. The summed E-state index contributed by atoms with van der Waals surface area (Å²) in [5.41, 5.74) is 6.68. The largest absolute Gasteiger partial charge is 0.366 e. The number of hydrogen-bond acceptors (Lipinski definition) is 1. The molecule has 2 N–H and O–H groups in total. The van der Waals surface area contributed by atoms with Crippen molar-refractivity contribution in [2.45, 2.75) is 6.92 Å². The van der Waals surface area contributed by atoms with Crippen LogP contribution in [0.1, 0.15) is 15.9 Å². The molecule has 0 spiro atoms. The van der Waals surface area contributed by atoms with Gasteiger partial charge in [-0.05, 0) is 24.6 Å². The van der Waals surface area contributed by atoms with Gasteiger partial charge in [0.1, 0.15) is 0 Å². The van der Waals surface area contributed by atoms with Crippen LogP contribution in [-0.4, -0.2) is 5.91 Å². The molecular weight excluding hydrogens is 286 g/mol. The third-order valence-corrected chi connectivity index (χ3v) is 3.21. The van der Waals surface area contributed by atoms with Gasteiger partial charge in [-0.15, -0.1) is 0 Å². The SMILES string of the molecule is Cc1c(Br)cc(C(N)=O)cc1Br. The number of primary amides is 1. The van der Waals surface area contributed by atoms with Crippen LogP contribution in [0.15, 0.2) is 21.1 Å². The molecule has 0 aliphatic carbocycles. The second-order valence-corrected chi connectivity index (χ2v) is 4.14. The molecule has 0 fully saturated rings. The minimum Gasteiger partial charge on any atom is -0.366 e. The second kappa shape index (κ2) is 3.58. The Kier molecular flexibility index (Phi) is 2.90. The number of carbonyl (C=O) groups is 1. The van der Waals surface area contributed by atoms with Gasteiger partial charge >= 0.3 is 0 Å². The van der Waals surface area contributed by atoms with Crippen molar-refractivity contribution in [1.82, 2.24) is 0 Å². The smallest absolute Gasteiger partial charge is 0.248 e. The lowest BCUT2D eigenvalue weighted by Crippen LogP contribution is -2.11. The molecular formula is C8H7Br2NO. The third kappa shape index (κ3) is 1.87. The summed E-state index contributed by atoms with van der Waals surface area (Å²) in [7, 11) is 0. The van der Waals surface area contributed by atoms with E-state index < -0.39 is 5.91 Å². The first-order valence-electron chi connectivity index (χ1n) is 3.28. The van der Waals surface area contributed by atoms with Crippen molar-refractivity contribution in [3.63, 3.8) is 0 Å². The number of hydrogen-bond donors (Lipinski definition) is 1. The van der Waals surface area contributed by atoms with Gasteiger partial charge in [-0.25, -0.2) is 0 Å². The fourth-order valence-electron chi connectivity index (χ4n) is 0.788. The summed E-state index contributed by atoms with van der Waals surface area (Å²) in [6.07, 6.45) is 0. The summed E-state index contributed by atoms with van der Waals surface area (Å²) in [5, 5.41) is 0. The first-order chi connectivity index (χ1) is 5.52. The van der Waals surface area contributed by atoms with Gasteiger partial charge < -0.3 is 5.73 Å². The van der Waals surface area contributed by atoms with E-state index in [2.05, 4.69) is 31.9 Å². The van der Waals surface area contributed by atoms with Crippen LogP contribution in [0.2, 0.25) is 0 Å². The summed E-state index contributed by atoms with van der Waals surface area (Å²) in [4.78, 5) is 10.8. The van der Waals surface area contributed by atoms with Gasteiger partial charge in [-0.2, -0.15) is 0 Å². The third-order valence-electron chi connectivity index (χ3n) is 1.57. The number of amides is 1. The first kappa shape index (κ1) is 9.74. The van der Waals surface area contributed by atoms with Gasteiger partial charge in [0.25, 0.3) is 0 Å². The normalized spacial score (nSPS) is 9.92. The maximum absolute atomic E-state index is 10.8. The number of nitrogens with two attached hydrogens (primary N) is 1. The molecule has 4 heteroatoms. The van der Waals surface area contributed by atoms with Gasteiger partial charge in [0.05, 0.1) is 0 Å². The van der Waals surface area contributed by atoms with E-state index in [0.717, 1.165) is 14.5 Å². The predicted octanol–water partition coefficient (Wildman–Crippen LogP) is 2.62. The molecule has 12 heavy (non-hydrogen) atoms. The van der Waals surface area contributed by atoms with Crippen molar-refractivity contribution in [3.05, 3.63) is 32.2 Å². The molecule has 2 nitrogen and oxygen atoms in total. The van der Waals surface area contributed by atoms with Crippen LogP contribution in [-0.2, 0) is 0 Å². The van der Waals surface area contributed by atoms with Gasteiger partial charge in [-0.3, -0.25) is 4.79 Å². The zero-order chi connectivity index (χ0) is 9.30. The van der Waals surface area contributed by atoms with E-state index in [0.29, 0.717) is 5.56 Å². The average Bonchev–Trinajstić information content (AvgIpc) is 1.99. The van der Waals surface area contributed by atoms with Gasteiger partial charge in [0.2, 0.25) is 5.91 Å². The zero-order valence-electron chi connectivity index (χ0n) is 6.40. The number of carbonyl (C=O) groups excluding carboxylic acids is 1. The highest BCUT2D eigenvalue weighted by molar-refractivity contribution is 9.11. The fraction of sp³-hybridized carbons (Fsp3) is 0.125. The Bertz CT molecular complexity index is 313. The molecule has 0 saturated heterocycles. The molecule has 1 aromatic rings. The Hall–Kier alpha value is -0.350. The summed E-state index contributed by atoms with van der Waals surface area (Å²) in [5.74, 6) is -0.420. The molecule has 0 atom stereocenters. The van der Waals surface area contributed by atoms with Crippen LogP contribution >= 0.6 is 31.9 Å². The molecule has 1 rings (SSSR count). The van der Waals surface area contributed by atoms with Crippen LogP contribution in [0.4, 0.5) is 0 Å². The molecule has 0 aliphatic heterocycles. The number of halogens is 2. The van der Waals surface area contributed by atoms with Crippen molar-refractivity contribution in [2.75, 3.05) is 0 Å². The van der Waals surface area contributed by atoms with Gasteiger partial charge in [-0.1, -0.05) is 31.9 Å². The van der Waals surface area contributed by atoms with Crippen molar-refractivity contribution in [1.29, 1.82) is 0 Å². The van der Waals surface area contributed by atoms with Crippen LogP contribution in [0.5, 0.6) is 0 Å².